The van der Waals surface area contributed by atoms with E-state index in [0.29, 0.717) is 25.5 Å². The van der Waals surface area contributed by atoms with Gasteiger partial charge in [-0.05, 0) is 56.3 Å². The molecule has 2 aromatic rings. The molecule has 1 N–H and O–H groups in total. The summed E-state index contributed by atoms with van der Waals surface area (Å²) in [5, 5.41) is 6.99. The lowest BCUT2D eigenvalue weighted by molar-refractivity contribution is -0.114. The van der Waals surface area contributed by atoms with Crippen LogP contribution in [0.25, 0.3) is 0 Å². The fourth-order valence-corrected chi connectivity index (χ4v) is 4.75. The number of nitrogens with zero attached hydrogens (tertiary/aromatic N) is 4. The van der Waals surface area contributed by atoms with Crippen molar-refractivity contribution in [3.63, 3.8) is 0 Å². The zero-order chi connectivity index (χ0) is 23.8. The van der Waals surface area contributed by atoms with E-state index in [1.807, 2.05) is 6.07 Å². The molecule has 3 heterocycles. The lowest BCUT2D eigenvalue weighted by Gasteiger charge is -2.45. The molecule has 0 bridgehead atoms. The van der Waals surface area contributed by atoms with Gasteiger partial charge in [-0.1, -0.05) is 23.7 Å². The van der Waals surface area contributed by atoms with Crippen molar-refractivity contribution < 1.29 is 13.7 Å². The minimum absolute atomic E-state index is 0.00201. The third kappa shape index (κ3) is 4.23. The number of carbonyl (C=O) groups excluding carboxylic acids is 2. The normalized spacial score (nSPS) is 20.6. The van der Waals surface area contributed by atoms with Gasteiger partial charge in [-0.2, -0.15) is 4.68 Å². The number of aromatic nitrogens is 2. The molecule has 2 fully saturated rings. The Kier molecular flexibility index (Phi) is 4.85. The number of amides is 2. The smallest absolute Gasteiger partial charge is 0.323 e. The van der Waals surface area contributed by atoms with Crippen molar-refractivity contribution in [2.75, 3.05) is 25.0 Å². The first kappa shape index (κ1) is 17.3. The summed E-state index contributed by atoms with van der Waals surface area (Å²) in [5.74, 6) is 0.117. The van der Waals surface area contributed by atoms with Crippen LogP contribution in [0.15, 0.2) is 30.5 Å². The summed E-state index contributed by atoms with van der Waals surface area (Å²) < 4.78 is 24.4. The molecule has 4 rings (SSSR count). The molecular formula is C22H28ClN5O2. The molecule has 2 aliphatic rings. The molecule has 160 valence electrons. The second kappa shape index (κ2) is 8.40. The van der Waals surface area contributed by atoms with E-state index < -0.39 is 6.85 Å². The van der Waals surface area contributed by atoms with Crippen LogP contribution in [0, 0.1) is 6.85 Å². The molecule has 2 saturated heterocycles. The second-order valence-electron chi connectivity index (χ2n) is 8.16. The van der Waals surface area contributed by atoms with Gasteiger partial charge in [0.25, 0.3) is 0 Å². The standard InChI is InChI=1S/C22H28ClN5O2/c1-16-14-18(4-5-19(16)23)15-27-10-3-7-22(27)8-12-26(13-9-22)21(30)28-11-6-20(25-28)24-17(2)29/h4-6,11,14H,3,7-10,12-13,15H2,1-2H3,(H,24,25,29)/i1D3. The number of likely N-dealkylation sites (tertiary alicyclic amines) is 2. The van der Waals surface area contributed by atoms with Crippen molar-refractivity contribution in [2.24, 2.45) is 0 Å². The summed E-state index contributed by atoms with van der Waals surface area (Å²) in [7, 11) is 0. The molecule has 30 heavy (non-hydrogen) atoms. The second-order valence-corrected chi connectivity index (χ2v) is 8.57. The Balaban J connectivity index is 1.42. The summed E-state index contributed by atoms with van der Waals surface area (Å²) in [6, 6.07) is 6.66. The summed E-state index contributed by atoms with van der Waals surface area (Å²) in [6.07, 6.45) is 5.38. The van der Waals surface area contributed by atoms with Gasteiger partial charge in [0.1, 0.15) is 0 Å². The van der Waals surface area contributed by atoms with Crippen molar-refractivity contribution >= 4 is 29.4 Å². The van der Waals surface area contributed by atoms with Crippen LogP contribution in [0.5, 0.6) is 0 Å². The number of aryl methyl sites for hydroxylation is 1. The van der Waals surface area contributed by atoms with Crippen molar-refractivity contribution in [3.05, 3.63) is 46.6 Å². The number of hydrogen-bond donors (Lipinski definition) is 1. The summed E-state index contributed by atoms with van der Waals surface area (Å²) in [5.41, 5.74) is 1.13. The molecule has 1 aromatic heterocycles. The molecule has 2 amide bonds. The van der Waals surface area contributed by atoms with E-state index in [2.05, 4.69) is 15.3 Å². The van der Waals surface area contributed by atoms with E-state index in [0.717, 1.165) is 37.8 Å². The number of carbonyl (C=O) groups is 2. The van der Waals surface area contributed by atoms with Gasteiger partial charge < -0.3 is 10.2 Å². The van der Waals surface area contributed by atoms with Crippen LogP contribution in [-0.4, -0.2) is 56.7 Å². The van der Waals surface area contributed by atoms with E-state index in [1.54, 1.807) is 29.3 Å². The maximum Gasteiger partial charge on any atom is 0.344 e. The van der Waals surface area contributed by atoms with Crippen LogP contribution < -0.4 is 5.32 Å². The number of rotatable bonds is 3. The number of nitrogens with one attached hydrogen (secondary N) is 1. The first-order valence-electron chi connectivity index (χ1n) is 11.7. The van der Waals surface area contributed by atoms with Crippen LogP contribution in [0.4, 0.5) is 10.6 Å². The maximum atomic E-state index is 12.9. The molecule has 1 aromatic carbocycles. The topological polar surface area (TPSA) is 70.5 Å². The van der Waals surface area contributed by atoms with Gasteiger partial charge in [0.05, 0.1) is 0 Å². The third-order valence-corrected chi connectivity index (χ3v) is 6.53. The highest BCUT2D eigenvalue weighted by Gasteiger charge is 2.43. The van der Waals surface area contributed by atoms with Gasteiger partial charge in [-0.25, -0.2) is 4.79 Å². The third-order valence-electron chi connectivity index (χ3n) is 6.20. The van der Waals surface area contributed by atoms with Gasteiger partial charge in [0.2, 0.25) is 5.91 Å². The predicted molar refractivity (Wildman–Crippen MR) is 117 cm³/mol. The van der Waals surface area contributed by atoms with Crippen LogP contribution in [0.1, 0.15) is 47.8 Å². The SMILES string of the molecule is [2H]C([2H])([2H])c1cc(CN2CCCC23CCN(C(=O)n2ccc(NC(C)=O)n2)CC3)ccc1Cl. The average molecular weight is 433 g/mol. The Bertz CT molecular complexity index is 1050. The Hall–Kier alpha value is -2.38. The van der Waals surface area contributed by atoms with Crippen LogP contribution >= 0.6 is 11.6 Å². The van der Waals surface area contributed by atoms with Gasteiger partial charge >= 0.3 is 6.03 Å². The zero-order valence-corrected chi connectivity index (χ0v) is 17.8. The average Bonchev–Trinajstić information content (AvgIpc) is 3.36. The van der Waals surface area contributed by atoms with E-state index in [-0.39, 0.29) is 28.1 Å². The fraction of sp³-hybridized carbons (Fsp3) is 0.500. The molecular weight excluding hydrogens is 402 g/mol. The number of anilines is 1. The highest BCUT2D eigenvalue weighted by Crippen LogP contribution is 2.39. The largest absolute Gasteiger partial charge is 0.344 e. The van der Waals surface area contributed by atoms with Gasteiger partial charge in [-0.15, -0.1) is 5.10 Å². The van der Waals surface area contributed by atoms with Gasteiger partial charge in [0.15, 0.2) is 5.82 Å². The van der Waals surface area contributed by atoms with Gasteiger partial charge in [0, 0.05) is 53.5 Å². The van der Waals surface area contributed by atoms with E-state index in [9.17, 15) is 9.59 Å². The number of halogens is 1. The Morgan fingerprint density at radius 2 is 2.03 bits per heavy atom. The van der Waals surface area contributed by atoms with Crippen molar-refractivity contribution in [2.45, 2.75) is 51.5 Å². The molecule has 0 aliphatic carbocycles. The minimum atomic E-state index is -2.24. The van der Waals surface area contributed by atoms with E-state index >= 15 is 0 Å². The van der Waals surface area contributed by atoms with Crippen LogP contribution in [-0.2, 0) is 11.3 Å². The van der Waals surface area contributed by atoms with E-state index in [4.69, 9.17) is 15.7 Å². The highest BCUT2D eigenvalue weighted by molar-refractivity contribution is 6.31. The molecule has 7 nitrogen and oxygen atoms in total. The first-order chi connectivity index (χ1) is 15.6. The zero-order valence-electron chi connectivity index (χ0n) is 20.0. The predicted octanol–water partition coefficient (Wildman–Crippen LogP) is 3.90. The molecule has 1 spiro atoms. The van der Waals surface area contributed by atoms with Crippen molar-refractivity contribution in [1.82, 2.24) is 19.6 Å². The molecule has 0 radical (unpaired) electrons. The Labute approximate surface area is 186 Å². The van der Waals surface area contributed by atoms with Crippen molar-refractivity contribution in [1.29, 1.82) is 0 Å². The molecule has 0 unspecified atom stereocenters. The number of benzene rings is 1. The van der Waals surface area contributed by atoms with Gasteiger partial charge in [-0.3, -0.25) is 9.69 Å². The number of piperidine rings is 1. The molecule has 8 heteroatoms. The van der Waals surface area contributed by atoms with Crippen molar-refractivity contribution in [3.8, 4) is 0 Å². The first-order valence-corrected chi connectivity index (χ1v) is 10.6. The lowest BCUT2D eigenvalue weighted by atomic mass is 9.84. The fourth-order valence-electron chi connectivity index (χ4n) is 4.64. The molecule has 0 saturated carbocycles. The summed E-state index contributed by atoms with van der Waals surface area (Å²) in [4.78, 5) is 28.3. The van der Waals surface area contributed by atoms with E-state index in [1.165, 1.54) is 11.6 Å². The molecule has 0 atom stereocenters. The maximum absolute atomic E-state index is 12.9. The Morgan fingerprint density at radius 1 is 1.23 bits per heavy atom. The van der Waals surface area contributed by atoms with Crippen LogP contribution in [0.2, 0.25) is 5.02 Å². The quantitative estimate of drug-likeness (QED) is 0.798. The number of hydrogen-bond acceptors (Lipinski definition) is 4. The van der Waals surface area contributed by atoms with Crippen LogP contribution in [0.3, 0.4) is 0 Å². The monoisotopic (exact) mass is 432 g/mol. The Morgan fingerprint density at radius 3 is 2.77 bits per heavy atom. The highest BCUT2D eigenvalue weighted by atomic mass is 35.5. The lowest BCUT2D eigenvalue weighted by Crippen LogP contribution is -2.53. The minimum Gasteiger partial charge on any atom is -0.323 e. The molecule has 2 aliphatic heterocycles. The summed E-state index contributed by atoms with van der Waals surface area (Å²) in [6.45, 7) is 1.99. The summed E-state index contributed by atoms with van der Waals surface area (Å²) >= 11 is 6.12.